The predicted molar refractivity (Wildman–Crippen MR) is 76.0 cm³/mol. The predicted octanol–water partition coefficient (Wildman–Crippen LogP) is 1.49. The van der Waals surface area contributed by atoms with Gasteiger partial charge in [-0.05, 0) is 45.3 Å². The van der Waals surface area contributed by atoms with Gasteiger partial charge in [0.2, 0.25) is 11.8 Å². The van der Waals surface area contributed by atoms with Crippen LogP contribution < -0.4 is 0 Å². The van der Waals surface area contributed by atoms with Gasteiger partial charge in [-0.2, -0.15) is 11.8 Å². The van der Waals surface area contributed by atoms with Gasteiger partial charge >= 0.3 is 0 Å². The molecule has 2 aliphatic heterocycles. The van der Waals surface area contributed by atoms with Crippen LogP contribution in [0.3, 0.4) is 0 Å². The number of thioether (sulfide) groups is 1. The van der Waals surface area contributed by atoms with Gasteiger partial charge in [0.25, 0.3) is 0 Å². The molecule has 0 spiro atoms. The molecular weight excluding hydrogens is 260 g/mol. The first kappa shape index (κ1) is 13.3. The van der Waals surface area contributed by atoms with Gasteiger partial charge in [0.1, 0.15) is 12.1 Å². The third-order valence-corrected chi connectivity index (χ3v) is 6.03. The molecule has 19 heavy (non-hydrogen) atoms. The highest BCUT2D eigenvalue weighted by Crippen LogP contribution is 2.36. The van der Waals surface area contributed by atoms with Gasteiger partial charge in [0.05, 0.1) is 0 Å². The van der Waals surface area contributed by atoms with E-state index in [0.717, 1.165) is 32.2 Å². The summed E-state index contributed by atoms with van der Waals surface area (Å²) in [4.78, 5) is 28.8. The number of piperazine rings is 1. The molecule has 0 aromatic heterocycles. The summed E-state index contributed by atoms with van der Waals surface area (Å²) in [6.45, 7) is 2.67. The van der Waals surface area contributed by atoms with Crippen molar-refractivity contribution in [1.29, 1.82) is 0 Å². The summed E-state index contributed by atoms with van der Waals surface area (Å²) in [6.07, 6.45) is 7.25. The molecular formula is C14H22N2O2S. The number of amides is 2. The third-order valence-electron chi connectivity index (χ3n) is 4.93. The lowest BCUT2D eigenvalue weighted by molar-refractivity contribution is -0.161. The highest BCUT2D eigenvalue weighted by molar-refractivity contribution is 7.99. The second-order valence-electron chi connectivity index (χ2n) is 5.94. The minimum Gasteiger partial charge on any atom is -0.329 e. The van der Waals surface area contributed by atoms with Gasteiger partial charge in [-0.25, -0.2) is 0 Å². The zero-order chi connectivity index (χ0) is 13.6. The highest BCUT2D eigenvalue weighted by atomic mass is 32.2. The quantitative estimate of drug-likeness (QED) is 0.770. The van der Waals surface area contributed by atoms with Crippen molar-refractivity contribution in [2.45, 2.75) is 62.4 Å². The third kappa shape index (κ3) is 2.06. The van der Waals surface area contributed by atoms with Crippen LogP contribution in [-0.4, -0.2) is 57.8 Å². The molecule has 0 N–H and O–H groups in total. The van der Waals surface area contributed by atoms with E-state index in [1.807, 2.05) is 28.5 Å². The molecule has 0 aromatic rings. The molecule has 5 heteroatoms. The molecule has 3 rings (SSSR count). The Morgan fingerprint density at radius 2 is 1.95 bits per heavy atom. The van der Waals surface area contributed by atoms with Crippen LogP contribution in [0.2, 0.25) is 0 Å². The van der Waals surface area contributed by atoms with Crippen molar-refractivity contribution in [3.8, 4) is 0 Å². The van der Waals surface area contributed by atoms with E-state index in [4.69, 9.17) is 0 Å². The molecule has 1 aliphatic carbocycles. The van der Waals surface area contributed by atoms with Gasteiger partial charge in [-0.1, -0.05) is 0 Å². The summed E-state index contributed by atoms with van der Waals surface area (Å²) in [5.41, 5.74) is 0. The molecule has 106 valence electrons. The fourth-order valence-corrected chi connectivity index (χ4v) is 4.68. The number of hydrogen-bond donors (Lipinski definition) is 0. The first-order valence-corrected chi connectivity index (χ1v) is 8.57. The van der Waals surface area contributed by atoms with E-state index in [1.54, 1.807) is 0 Å². The monoisotopic (exact) mass is 282 g/mol. The number of rotatable bonds is 2. The minimum atomic E-state index is -0.257. The van der Waals surface area contributed by atoms with Crippen molar-refractivity contribution < 1.29 is 9.59 Å². The average Bonchev–Trinajstić information content (AvgIpc) is 3.05. The average molecular weight is 282 g/mol. The lowest BCUT2D eigenvalue weighted by Crippen LogP contribution is -2.64. The van der Waals surface area contributed by atoms with Crippen molar-refractivity contribution in [3.05, 3.63) is 0 Å². The first-order valence-electron chi connectivity index (χ1n) is 7.29. The van der Waals surface area contributed by atoms with E-state index < -0.39 is 0 Å². The van der Waals surface area contributed by atoms with Crippen LogP contribution in [0.1, 0.15) is 39.0 Å². The molecule has 2 heterocycles. The lowest BCUT2D eigenvalue weighted by atomic mass is 10.0. The van der Waals surface area contributed by atoms with Crippen LogP contribution >= 0.6 is 11.8 Å². The second-order valence-corrected chi connectivity index (χ2v) is 7.07. The maximum atomic E-state index is 12.7. The number of carbonyl (C=O) groups excluding carboxylic acids is 2. The largest absolute Gasteiger partial charge is 0.329 e. The molecule has 1 saturated carbocycles. The smallest absolute Gasteiger partial charge is 0.246 e. The van der Waals surface area contributed by atoms with Gasteiger partial charge in [-0.15, -0.1) is 0 Å². The lowest BCUT2D eigenvalue weighted by Gasteiger charge is -2.44. The van der Waals surface area contributed by atoms with Crippen molar-refractivity contribution in [1.82, 2.24) is 9.80 Å². The second kappa shape index (κ2) is 5.00. The van der Waals surface area contributed by atoms with Crippen molar-refractivity contribution in [3.63, 3.8) is 0 Å². The number of hydrogen-bond acceptors (Lipinski definition) is 3. The Hall–Kier alpha value is -0.710. The normalized spacial score (nSPS) is 39.1. The zero-order valence-corrected chi connectivity index (χ0v) is 12.5. The molecule has 0 aromatic carbocycles. The van der Waals surface area contributed by atoms with E-state index in [0.29, 0.717) is 5.25 Å². The number of nitrogens with zero attached hydrogens (tertiary/aromatic N) is 2. The first-order chi connectivity index (χ1) is 9.13. The topological polar surface area (TPSA) is 40.6 Å². The molecule has 4 nitrogen and oxygen atoms in total. The molecule has 2 saturated heterocycles. The maximum absolute atomic E-state index is 12.7. The van der Waals surface area contributed by atoms with E-state index in [1.165, 1.54) is 6.42 Å². The van der Waals surface area contributed by atoms with E-state index in [9.17, 15) is 9.59 Å². The van der Waals surface area contributed by atoms with Crippen LogP contribution in [0.5, 0.6) is 0 Å². The van der Waals surface area contributed by atoms with Gasteiger partial charge in [0, 0.05) is 17.8 Å². The fourth-order valence-electron chi connectivity index (χ4n) is 3.89. The van der Waals surface area contributed by atoms with E-state index in [-0.39, 0.29) is 29.9 Å². The Balaban J connectivity index is 1.80. The summed E-state index contributed by atoms with van der Waals surface area (Å²) in [5, 5.41) is 0.654. The molecule has 4 unspecified atom stereocenters. The highest BCUT2D eigenvalue weighted by Gasteiger charge is 2.49. The summed E-state index contributed by atoms with van der Waals surface area (Å²) in [7, 11) is 0. The van der Waals surface area contributed by atoms with Crippen molar-refractivity contribution in [2.24, 2.45) is 0 Å². The van der Waals surface area contributed by atoms with Crippen LogP contribution in [0.15, 0.2) is 0 Å². The van der Waals surface area contributed by atoms with Gasteiger partial charge in [0.15, 0.2) is 0 Å². The SMILES string of the molecule is CSC1CCC(N2C(=O)C3CCCN3C(=O)C2C)C1. The van der Waals surface area contributed by atoms with Crippen LogP contribution in [0, 0.1) is 0 Å². The molecule has 3 aliphatic rings. The van der Waals surface area contributed by atoms with Gasteiger partial charge in [-0.3, -0.25) is 9.59 Å². The molecule has 3 fully saturated rings. The molecule has 0 radical (unpaired) electrons. The van der Waals surface area contributed by atoms with Crippen LogP contribution in [0.4, 0.5) is 0 Å². The number of carbonyl (C=O) groups is 2. The Labute approximate surface area is 118 Å². The summed E-state index contributed by atoms with van der Waals surface area (Å²) >= 11 is 1.89. The van der Waals surface area contributed by atoms with Crippen LogP contribution in [0.25, 0.3) is 0 Å². The van der Waals surface area contributed by atoms with Crippen LogP contribution in [-0.2, 0) is 9.59 Å². The standard InChI is InChI=1S/C14H22N2O2S/c1-9-13(17)15-7-3-4-12(15)14(18)16(9)10-5-6-11(8-10)19-2/h9-12H,3-8H2,1-2H3. The number of fused-ring (bicyclic) bond motifs is 1. The maximum Gasteiger partial charge on any atom is 0.246 e. The summed E-state index contributed by atoms with van der Waals surface area (Å²) in [6, 6.07) is -0.129. The Morgan fingerprint density at radius 3 is 2.63 bits per heavy atom. The molecule has 0 bridgehead atoms. The molecule has 4 atom stereocenters. The van der Waals surface area contributed by atoms with Gasteiger partial charge < -0.3 is 9.80 Å². The van der Waals surface area contributed by atoms with E-state index >= 15 is 0 Å². The summed E-state index contributed by atoms with van der Waals surface area (Å²) < 4.78 is 0. The zero-order valence-electron chi connectivity index (χ0n) is 11.7. The Morgan fingerprint density at radius 1 is 1.16 bits per heavy atom. The van der Waals surface area contributed by atoms with E-state index in [2.05, 4.69) is 6.26 Å². The van der Waals surface area contributed by atoms with Crippen molar-refractivity contribution >= 4 is 23.6 Å². The molecule has 2 amide bonds. The Bertz CT molecular complexity index is 401. The minimum absolute atomic E-state index is 0.156. The summed E-state index contributed by atoms with van der Waals surface area (Å²) in [5.74, 6) is 0.367. The van der Waals surface area contributed by atoms with Crippen molar-refractivity contribution in [2.75, 3.05) is 12.8 Å². The Kier molecular flexibility index (Phi) is 3.50. The fraction of sp³-hybridized carbons (Fsp3) is 0.857.